The van der Waals surface area contributed by atoms with E-state index in [0.717, 1.165) is 12.0 Å². The highest BCUT2D eigenvalue weighted by atomic mass is 16.2. The smallest absolute Gasteiger partial charge is 0.255 e. The lowest BCUT2D eigenvalue weighted by Crippen LogP contribution is -2.25. The number of nitrogens with one attached hydrogen (secondary N) is 2. The van der Waals surface area contributed by atoms with Crippen LogP contribution >= 0.6 is 0 Å². The Morgan fingerprint density at radius 3 is 2.18 bits per heavy atom. The van der Waals surface area contributed by atoms with E-state index >= 15 is 0 Å². The molecule has 0 radical (unpaired) electrons. The number of carbonyl (C=O) groups excluding carboxylic acids is 2. The first-order chi connectivity index (χ1) is 13.7. The van der Waals surface area contributed by atoms with E-state index in [9.17, 15) is 9.59 Å². The number of carbonyl (C=O) groups is 2. The van der Waals surface area contributed by atoms with Gasteiger partial charge >= 0.3 is 0 Å². The minimum absolute atomic E-state index is 0.176. The molecule has 0 aliphatic carbocycles. The van der Waals surface area contributed by atoms with E-state index < -0.39 is 0 Å². The molecule has 0 saturated carbocycles. The van der Waals surface area contributed by atoms with Gasteiger partial charge in [-0.05, 0) is 54.4 Å². The van der Waals surface area contributed by atoms with Crippen LogP contribution in [0.3, 0.4) is 0 Å². The third-order valence-electron chi connectivity index (χ3n) is 4.20. The first-order valence-electron chi connectivity index (χ1n) is 8.89. The third kappa shape index (κ3) is 5.05. The molecule has 2 N–H and O–H groups in total. The lowest BCUT2D eigenvalue weighted by atomic mass is 10.1. The summed E-state index contributed by atoms with van der Waals surface area (Å²) in [5.74, 6) is -0.476. The molecule has 0 unspecified atom stereocenters. The van der Waals surface area contributed by atoms with Gasteiger partial charge in [-0.2, -0.15) is 5.26 Å². The minimum Gasteiger partial charge on any atom is -0.352 e. The van der Waals surface area contributed by atoms with Gasteiger partial charge in [0.05, 0.1) is 11.6 Å². The van der Waals surface area contributed by atoms with Gasteiger partial charge in [0.2, 0.25) is 0 Å². The molecule has 2 amide bonds. The third-order valence-corrected chi connectivity index (χ3v) is 4.20. The number of anilines is 1. The van der Waals surface area contributed by atoms with Gasteiger partial charge in [-0.3, -0.25) is 9.59 Å². The van der Waals surface area contributed by atoms with Crippen molar-refractivity contribution in [2.24, 2.45) is 0 Å². The molecule has 0 aromatic heterocycles. The first-order valence-corrected chi connectivity index (χ1v) is 8.89. The van der Waals surface area contributed by atoms with Gasteiger partial charge in [-0.15, -0.1) is 0 Å². The van der Waals surface area contributed by atoms with Crippen LogP contribution in [-0.2, 0) is 6.42 Å². The predicted molar refractivity (Wildman–Crippen MR) is 108 cm³/mol. The van der Waals surface area contributed by atoms with Crippen molar-refractivity contribution in [3.8, 4) is 6.07 Å². The zero-order valence-corrected chi connectivity index (χ0v) is 15.2. The van der Waals surface area contributed by atoms with Gasteiger partial charge < -0.3 is 10.6 Å². The molecule has 28 heavy (non-hydrogen) atoms. The summed E-state index contributed by atoms with van der Waals surface area (Å²) in [4.78, 5) is 24.6. The van der Waals surface area contributed by atoms with Crippen LogP contribution in [0.4, 0.5) is 5.69 Å². The number of hydrogen-bond donors (Lipinski definition) is 2. The Bertz CT molecular complexity index is 1010. The maximum Gasteiger partial charge on any atom is 0.255 e. The second-order valence-corrected chi connectivity index (χ2v) is 6.22. The van der Waals surface area contributed by atoms with E-state index in [1.807, 2.05) is 36.4 Å². The van der Waals surface area contributed by atoms with Crippen molar-refractivity contribution in [2.75, 3.05) is 11.9 Å². The number of hydrogen-bond acceptors (Lipinski definition) is 3. The van der Waals surface area contributed by atoms with E-state index in [1.165, 1.54) is 0 Å². The molecular formula is C23H19N3O2. The molecule has 0 atom stereocenters. The highest BCUT2D eigenvalue weighted by molar-refractivity contribution is 6.05. The summed E-state index contributed by atoms with van der Waals surface area (Å²) >= 11 is 0. The highest BCUT2D eigenvalue weighted by Crippen LogP contribution is 2.12. The summed E-state index contributed by atoms with van der Waals surface area (Å²) in [6, 6.07) is 25.1. The molecule has 5 heteroatoms. The predicted octanol–water partition coefficient (Wildman–Crippen LogP) is 3.78. The van der Waals surface area contributed by atoms with Gasteiger partial charge in [-0.25, -0.2) is 0 Å². The minimum atomic E-state index is -0.300. The fraction of sp³-hybridized carbons (Fsp3) is 0.0870. The summed E-state index contributed by atoms with van der Waals surface area (Å²) in [6.07, 6.45) is 0.759. The van der Waals surface area contributed by atoms with Crippen LogP contribution in [0, 0.1) is 11.3 Å². The SMILES string of the molecule is N#Cc1cccc(NC(=O)c2ccc(C(=O)NCCc3ccccc3)cc2)c1. The fourth-order valence-corrected chi connectivity index (χ4v) is 2.71. The quantitative estimate of drug-likeness (QED) is 0.694. The molecule has 0 saturated heterocycles. The van der Waals surface area contributed by atoms with Crippen LogP contribution in [0.5, 0.6) is 0 Å². The molecule has 0 heterocycles. The maximum atomic E-state index is 12.3. The molecule has 0 aliphatic rings. The van der Waals surface area contributed by atoms with Gasteiger partial charge in [0.15, 0.2) is 0 Å². The van der Waals surface area contributed by atoms with Gasteiger partial charge in [0.1, 0.15) is 0 Å². The van der Waals surface area contributed by atoms with Crippen molar-refractivity contribution < 1.29 is 9.59 Å². The molecule has 0 aliphatic heterocycles. The van der Waals surface area contributed by atoms with Crippen molar-refractivity contribution in [3.63, 3.8) is 0 Å². The molecular weight excluding hydrogens is 350 g/mol. The average molecular weight is 369 g/mol. The largest absolute Gasteiger partial charge is 0.352 e. The number of nitriles is 1. The van der Waals surface area contributed by atoms with Crippen molar-refractivity contribution in [1.82, 2.24) is 5.32 Å². The summed E-state index contributed by atoms with van der Waals surface area (Å²) < 4.78 is 0. The monoisotopic (exact) mass is 369 g/mol. The first kappa shape index (κ1) is 18.9. The normalized spacial score (nSPS) is 9.96. The Morgan fingerprint density at radius 2 is 1.50 bits per heavy atom. The van der Waals surface area contributed by atoms with Crippen molar-refractivity contribution in [1.29, 1.82) is 5.26 Å². The lowest BCUT2D eigenvalue weighted by molar-refractivity contribution is 0.0952. The van der Waals surface area contributed by atoms with Crippen LogP contribution in [0.15, 0.2) is 78.9 Å². The van der Waals surface area contributed by atoms with E-state index in [1.54, 1.807) is 48.5 Å². The highest BCUT2D eigenvalue weighted by Gasteiger charge is 2.09. The number of amides is 2. The number of rotatable bonds is 6. The molecule has 3 rings (SSSR count). The van der Waals surface area contributed by atoms with Gasteiger partial charge in [0.25, 0.3) is 11.8 Å². The Morgan fingerprint density at radius 1 is 0.821 bits per heavy atom. The molecule has 5 nitrogen and oxygen atoms in total. The topological polar surface area (TPSA) is 82.0 Å². The van der Waals surface area contributed by atoms with Crippen LogP contribution < -0.4 is 10.6 Å². The molecule has 0 spiro atoms. The van der Waals surface area contributed by atoms with Crippen LogP contribution in [0.25, 0.3) is 0 Å². The van der Waals surface area contributed by atoms with E-state index in [2.05, 4.69) is 10.6 Å². The standard InChI is InChI=1S/C23H19N3O2/c24-16-18-7-4-8-21(15-18)26-23(28)20-11-9-19(10-12-20)22(27)25-14-13-17-5-2-1-3-6-17/h1-12,15H,13-14H2,(H,25,27)(H,26,28). The lowest BCUT2D eigenvalue weighted by Gasteiger charge is -2.08. The fourth-order valence-electron chi connectivity index (χ4n) is 2.71. The maximum absolute atomic E-state index is 12.3. The second-order valence-electron chi connectivity index (χ2n) is 6.22. The van der Waals surface area contributed by atoms with Crippen molar-refractivity contribution in [2.45, 2.75) is 6.42 Å². The van der Waals surface area contributed by atoms with Crippen LogP contribution in [-0.4, -0.2) is 18.4 Å². The van der Waals surface area contributed by atoms with E-state index in [4.69, 9.17) is 5.26 Å². The van der Waals surface area contributed by atoms with Crippen molar-refractivity contribution in [3.05, 3.63) is 101 Å². The molecule has 3 aromatic rings. The van der Waals surface area contributed by atoms with Crippen LogP contribution in [0.2, 0.25) is 0 Å². The molecule has 138 valence electrons. The Hall–Kier alpha value is -3.91. The molecule has 3 aromatic carbocycles. The van der Waals surface area contributed by atoms with E-state index in [0.29, 0.717) is 28.9 Å². The zero-order valence-electron chi connectivity index (χ0n) is 15.2. The summed E-state index contributed by atoms with van der Waals surface area (Å²) in [6.45, 7) is 0.542. The average Bonchev–Trinajstić information content (AvgIpc) is 2.74. The van der Waals surface area contributed by atoms with E-state index in [-0.39, 0.29) is 11.8 Å². The summed E-state index contributed by atoms with van der Waals surface area (Å²) in [5.41, 5.74) is 3.11. The summed E-state index contributed by atoms with van der Waals surface area (Å²) in [5, 5.41) is 14.5. The zero-order chi connectivity index (χ0) is 19.8. The second kappa shape index (κ2) is 9.15. The number of nitrogens with zero attached hydrogens (tertiary/aromatic N) is 1. The Balaban J connectivity index is 1.55. The summed E-state index contributed by atoms with van der Waals surface area (Å²) in [7, 11) is 0. The molecule has 0 fully saturated rings. The molecule has 0 bridgehead atoms. The van der Waals surface area contributed by atoms with Crippen LogP contribution in [0.1, 0.15) is 31.8 Å². The van der Waals surface area contributed by atoms with Crippen molar-refractivity contribution >= 4 is 17.5 Å². The Labute approximate surface area is 163 Å². The Kier molecular flexibility index (Phi) is 6.17. The van der Waals surface area contributed by atoms with Gasteiger partial charge in [0, 0.05) is 23.4 Å². The van der Waals surface area contributed by atoms with Gasteiger partial charge in [-0.1, -0.05) is 36.4 Å². The number of benzene rings is 3.